The molecule has 0 fully saturated rings. The van der Waals surface area contributed by atoms with Crippen molar-refractivity contribution in [2.45, 2.75) is 0 Å². The quantitative estimate of drug-likeness (QED) is 0.829. The summed E-state index contributed by atoms with van der Waals surface area (Å²) in [7, 11) is 0. The molecule has 0 aliphatic heterocycles. The molecule has 0 spiro atoms. The topological polar surface area (TPSA) is 55.1 Å². The molecule has 0 aliphatic carbocycles. The van der Waals surface area contributed by atoms with E-state index in [1.54, 1.807) is 0 Å². The lowest BCUT2D eigenvalue weighted by atomic mass is 10.2. The number of hydrogen-bond acceptors (Lipinski definition) is 2. The standard InChI is InChI=1S/C13H9ClF2N2O/c14-11-7(3-1-4-8(11)15)13(19)18-12-9(16)5-2-6-10(12)17/h1-6H,17H2,(H,18,19). The van der Waals surface area contributed by atoms with Crippen LogP contribution in [0.5, 0.6) is 0 Å². The van der Waals surface area contributed by atoms with Crippen molar-refractivity contribution in [3.05, 3.63) is 58.6 Å². The van der Waals surface area contributed by atoms with Gasteiger partial charge in [-0.15, -0.1) is 0 Å². The summed E-state index contributed by atoms with van der Waals surface area (Å²) in [4.78, 5) is 11.9. The number of nitrogens with one attached hydrogen (secondary N) is 1. The first-order valence-electron chi connectivity index (χ1n) is 5.30. The number of halogens is 3. The van der Waals surface area contributed by atoms with E-state index in [4.69, 9.17) is 17.3 Å². The minimum absolute atomic E-state index is 0.0703. The molecule has 0 saturated heterocycles. The Morgan fingerprint density at radius 3 is 2.42 bits per heavy atom. The average molecular weight is 283 g/mol. The third kappa shape index (κ3) is 2.66. The monoisotopic (exact) mass is 282 g/mol. The molecule has 0 radical (unpaired) electrons. The number of carbonyl (C=O) groups excluding carboxylic acids is 1. The van der Waals surface area contributed by atoms with E-state index in [9.17, 15) is 13.6 Å². The van der Waals surface area contributed by atoms with Gasteiger partial charge < -0.3 is 11.1 Å². The van der Waals surface area contributed by atoms with Crippen LogP contribution in [0.2, 0.25) is 5.02 Å². The van der Waals surface area contributed by atoms with Gasteiger partial charge in [0.2, 0.25) is 0 Å². The predicted octanol–water partition coefficient (Wildman–Crippen LogP) is 3.45. The van der Waals surface area contributed by atoms with E-state index in [1.807, 2.05) is 0 Å². The Hall–Kier alpha value is -2.14. The zero-order valence-electron chi connectivity index (χ0n) is 9.58. The van der Waals surface area contributed by atoms with Gasteiger partial charge in [-0.1, -0.05) is 23.7 Å². The molecule has 0 aromatic heterocycles. The van der Waals surface area contributed by atoms with Gasteiger partial charge in [0.05, 0.1) is 16.3 Å². The zero-order valence-corrected chi connectivity index (χ0v) is 10.3. The highest BCUT2D eigenvalue weighted by molar-refractivity contribution is 6.34. The van der Waals surface area contributed by atoms with E-state index in [1.165, 1.54) is 24.3 Å². The van der Waals surface area contributed by atoms with Crippen molar-refractivity contribution in [3.8, 4) is 0 Å². The highest BCUT2D eigenvalue weighted by atomic mass is 35.5. The summed E-state index contributed by atoms with van der Waals surface area (Å²) < 4.78 is 26.7. The zero-order chi connectivity index (χ0) is 14.0. The van der Waals surface area contributed by atoms with Gasteiger partial charge >= 0.3 is 0 Å². The fraction of sp³-hybridized carbons (Fsp3) is 0. The lowest BCUT2D eigenvalue weighted by Gasteiger charge is -2.10. The number of nitrogen functional groups attached to an aromatic ring is 1. The molecule has 2 aromatic rings. The summed E-state index contributed by atoms with van der Waals surface area (Å²) in [6.07, 6.45) is 0. The fourth-order valence-corrected chi connectivity index (χ4v) is 1.74. The molecule has 0 bridgehead atoms. The first-order chi connectivity index (χ1) is 9.00. The molecule has 0 unspecified atom stereocenters. The summed E-state index contributed by atoms with van der Waals surface area (Å²) in [6.45, 7) is 0. The van der Waals surface area contributed by atoms with Gasteiger partial charge in [-0.05, 0) is 24.3 Å². The number of amides is 1. The maximum atomic E-state index is 13.5. The smallest absolute Gasteiger partial charge is 0.257 e. The van der Waals surface area contributed by atoms with Gasteiger partial charge in [0.25, 0.3) is 5.91 Å². The van der Waals surface area contributed by atoms with E-state index in [0.717, 1.165) is 12.1 Å². The molecule has 19 heavy (non-hydrogen) atoms. The summed E-state index contributed by atoms with van der Waals surface area (Å²) in [5.41, 5.74) is 5.37. The second-order valence-electron chi connectivity index (χ2n) is 3.76. The van der Waals surface area contributed by atoms with Crippen molar-refractivity contribution in [1.82, 2.24) is 0 Å². The SMILES string of the molecule is Nc1cccc(F)c1NC(=O)c1cccc(F)c1Cl. The Balaban J connectivity index is 2.34. The Bertz CT molecular complexity index is 626. The number of nitrogens with two attached hydrogens (primary N) is 1. The van der Waals surface area contributed by atoms with Crippen LogP contribution in [0.4, 0.5) is 20.2 Å². The van der Waals surface area contributed by atoms with Crippen molar-refractivity contribution in [2.75, 3.05) is 11.1 Å². The number of carbonyl (C=O) groups is 1. The number of anilines is 2. The molecular formula is C13H9ClF2N2O. The molecule has 0 heterocycles. The van der Waals surface area contributed by atoms with Crippen molar-refractivity contribution < 1.29 is 13.6 Å². The molecule has 1 amide bonds. The van der Waals surface area contributed by atoms with Crippen molar-refractivity contribution in [3.63, 3.8) is 0 Å². The first-order valence-corrected chi connectivity index (χ1v) is 5.68. The Kier molecular flexibility index (Phi) is 3.66. The normalized spacial score (nSPS) is 10.3. The second-order valence-corrected chi connectivity index (χ2v) is 4.14. The fourth-order valence-electron chi connectivity index (χ4n) is 1.53. The van der Waals surface area contributed by atoms with Crippen LogP contribution >= 0.6 is 11.6 Å². The van der Waals surface area contributed by atoms with Crippen LogP contribution in [0.25, 0.3) is 0 Å². The van der Waals surface area contributed by atoms with Gasteiger partial charge in [0.15, 0.2) is 0 Å². The molecule has 3 N–H and O–H groups in total. The van der Waals surface area contributed by atoms with Crippen molar-refractivity contribution >= 4 is 28.9 Å². The van der Waals surface area contributed by atoms with Crippen molar-refractivity contribution in [2.24, 2.45) is 0 Å². The Labute approximate surface area is 113 Å². The molecule has 2 aromatic carbocycles. The largest absolute Gasteiger partial charge is 0.397 e. The van der Waals surface area contributed by atoms with E-state index < -0.39 is 17.5 Å². The molecular weight excluding hydrogens is 274 g/mol. The molecule has 2 rings (SSSR count). The average Bonchev–Trinajstić information content (AvgIpc) is 2.37. The number of rotatable bonds is 2. The molecule has 0 aliphatic rings. The molecule has 0 saturated carbocycles. The predicted molar refractivity (Wildman–Crippen MR) is 70.2 cm³/mol. The van der Waals surface area contributed by atoms with E-state index >= 15 is 0 Å². The maximum absolute atomic E-state index is 13.5. The third-order valence-corrected chi connectivity index (χ3v) is 2.86. The lowest BCUT2D eigenvalue weighted by molar-refractivity contribution is 0.102. The summed E-state index contributed by atoms with van der Waals surface area (Å²) >= 11 is 5.67. The minimum Gasteiger partial charge on any atom is -0.397 e. The Morgan fingerprint density at radius 1 is 1.11 bits per heavy atom. The summed E-state index contributed by atoms with van der Waals surface area (Å²) in [5.74, 6) is -2.14. The molecule has 0 atom stereocenters. The summed E-state index contributed by atoms with van der Waals surface area (Å²) in [6, 6.07) is 7.79. The first kappa shape index (κ1) is 13.3. The maximum Gasteiger partial charge on any atom is 0.257 e. The van der Waals surface area contributed by atoms with E-state index in [2.05, 4.69) is 5.32 Å². The number of para-hydroxylation sites is 1. The van der Waals surface area contributed by atoms with Crippen molar-refractivity contribution in [1.29, 1.82) is 0 Å². The Morgan fingerprint density at radius 2 is 1.74 bits per heavy atom. The molecule has 98 valence electrons. The van der Waals surface area contributed by atoms with Crippen LogP contribution < -0.4 is 11.1 Å². The van der Waals surface area contributed by atoms with Crippen LogP contribution in [0.3, 0.4) is 0 Å². The van der Waals surface area contributed by atoms with Crippen LogP contribution in [0.15, 0.2) is 36.4 Å². The minimum atomic E-state index is -0.735. The van der Waals surface area contributed by atoms with Crippen LogP contribution in [-0.4, -0.2) is 5.91 Å². The van der Waals surface area contributed by atoms with E-state index in [0.29, 0.717) is 0 Å². The highest BCUT2D eigenvalue weighted by Crippen LogP contribution is 2.25. The van der Waals surface area contributed by atoms with Gasteiger partial charge in [-0.25, -0.2) is 8.78 Å². The van der Waals surface area contributed by atoms with E-state index in [-0.39, 0.29) is 22.0 Å². The van der Waals surface area contributed by atoms with Crippen LogP contribution in [0.1, 0.15) is 10.4 Å². The number of benzene rings is 2. The molecule has 6 heteroatoms. The highest BCUT2D eigenvalue weighted by Gasteiger charge is 2.16. The van der Waals surface area contributed by atoms with Gasteiger partial charge in [-0.2, -0.15) is 0 Å². The van der Waals surface area contributed by atoms with Crippen LogP contribution in [0, 0.1) is 11.6 Å². The molecule has 3 nitrogen and oxygen atoms in total. The second kappa shape index (κ2) is 5.24. The number of hydrogen-bond donors (Lipinski definition) is 2. The lowest BCUT2D eigenvalue weighted by Crippen LogP contribution is -2.15. The van der Waals surface area contributed by atoms with Crippen LogP contribution in [-0.2, 0) is 0 Å². The summed E-state index contributed by atoms with van der Waals surface area (Å²) in [5, 5.41) is 1.95. The third-order valence-electron chi connectivity index (χ3n) is 2.48. The van der Waals surface area contributed by atoms with Gasteiger partial charge in [0.1, 0.15) is 17.3 Å². The van der Waals surface area contributed by atoms with Gasteiger partial charge in [-0.3, -0.25) is 4.79 Å². The van der Waals surface area contributed by atoms with Gasteiger partial charge in [0, 0.05) is 0 Å².